The lowest BCUT2D eigenvalue weighted by atomic mass is 9.94. The van der Waals surface area contributed by atoms with Gasteiger partial charge in [0.15, 0.2) is 0 Å². The van der Waals surface area contributed by atoms with Gasteiger partial charge < -0.3 is 25.3 Å². The van der Waals surface area contributed by atoms with Crippen molar-refractivity contribution in [2.24, 2.45) is 10.7 Å². The van der Waals surface area contributed by atoms with Crippen molar-refractivity contribution >= 4 is 28.4 Å². The monoisotopic (exact) mass is 632 g/mol. The number of aldehydes is 1. The lowest BCUT2D eigenvalue weighted by Gasteiger charge is -2.19. The summed E-state index contributed by atoms with van der Waals surface area (Å²) in [5.41, 5.74) is 12.9. The summed E-state index contributed by atoms with van der Waals surface area (Å²) in [6, 6.07) is 15.3. The number of benzene rings is 3. The van der Waals surface area contributed by atoms with Crippen LogP contribution in [0.5, 0.6) is 5.75 Å². The molecule has 1 aliphatic carbocycles. The van der Waals surface area contributed by atoms with Gasteiger partial charge in [-0.3, -0.25) is 4.99 Å². The Hall–Kier alpha value is -4.38. The molecular formula is C34H40N4O6S. The predicted molar refractivity (Wildman–Crippen MR) is 173 cm³/mol. The van der Waals surface area contributed by atoms with E-state index in [-0.39, 0.29) is 36.3 Å². The molecule has 0 fully saturated rings. The van der Waals surface area contributed by atoms with Crippen molar-refractivity contribution < 1.29 is 27.5 Å². The lowest BCUT2D eigenvalue weighted by molar-refractivity contribution is -0.109. The highest BCUT2D eigenvalue weighted by atomic mass is 32.2. The SMILES string of the molecule is Cc1c(C)c(S(=O)(=O)NC(N)=NCCC[C@H](C=O)NC(=O)OCC2c3ccccc3-c3ccccc32)c(C)c2c1OC(C)(C)C2. The fourth-order valence-corrected chi connectivity index (χ4v) is 7.87. The Labute approximate surface area is 264 Å². The van der Waals surface area contributed by atoms with Crippen LogP contribution in [-0.2, 0) is 26.0 Å². The molecule has 3 aromatic rings. The number of ether oxygens (including phenoxy) is 2. The number of amides is 1. The molecule has 11 heteroatoms. The first-order chi connectivity index (χ1) is 21.3. The van der Waals surface area contributed by atoms with E-state index in [0.717, 1.165) is 39.1 Å². The van der Waals surface area contributed by atoms with E-state index < -0.39 is 27.8 Å². The summed E-state index contributed by atoms with van der Waals surface area (Å²) in [7, 11) is -4.02. The average Bonchev–Trinajstić information content (AvgIpc) is 3.50. The maximum Gasteiger partial charge on any atom is 0.407 e. The molecule has 4 N–H and O–H groups in total. The number of aliphatic imine (C=N–C) groups is 1. The van der Waals surface area contributed by atoms with Gasteiger partial charge in [0.25, 0.3) is 10.0 Å². The maximum atomic E-state index is 13.4. The molecule has 0 radical (unpaired) electrons. The maximum absolute atomic E-state index is 13.4. The largest absolute Gasteiger partial charge is 0.487 e. The molecule has 3 aromatic carbocycles. The van der Waals surface area contributed by atoms with Crippen LogP contribution >= 0.6 is 0 Å². The van der Waals surface area contributed by atoms with Gasteiger partial charge >= 0.3 is 6.09 Å². The van der Waals surface area contributed by atoms with E-state index in [1.807, 2.05) is 57.2 Å². The summed E-state index contributed by atoms with van der Waals surface area (Å²) in [4.78, 5) is 28.6. The number of sulfonamides is 1. The molecule has 1 aliphatic heterocycles. The van der Waals surface area contributed by atoms with Crippen molar-refractivity contribution in [2.45, 2.75) is 76.3 Å². The van der Waals surface area contributed by atoms with Crippen molar-refractivity contribution in [2.75, 3.05) is 13.2 Å². The molecule has 0 unspecified atom stereocenters. The van der Waals surface area contributed by atoms with Crippen molar-refractivity contribution in [3.05, 3.63) is 81.9 Å². The third-order valence-corrected chi connectivity index (χ3v) is 10.2. The number of guanidine groups is 1. The lowest BCUT2D eigenvalue weighted by Crippen LogP contribution is -2.38. The van der Waals surface area contributed by atoms with E-state index in [0.29, 0.717) is 30.3 Å². The Kier molecular flexibility index (Phi) is 8.93. The number of hydrogen-bond donors (Lipinski definition) is 3. The fourth-order valence-electron chi connectivity index (χ4n) is 6.35. The Bertz CT molecular complexity index is 1740. The second kappa shape index (κ2) is 12.5. The van der Waals surface area contributed by atoms with Crippen LogP contribution < -0.4 is 20.5 Å². The average molecular weight is 633 g/mol. The van der Waals surface area contributed by atoms with Gasteiger partial charge in [-0.05, 0) is 86.4 Å². The van der Waals surface area contributed by atoms with Crippen LogP contribution in [0.3, 0.4) is 0 Å². The van der Waals surface area contributed by atoms with E-state index in [1.165, 1.54) is 0 Å². The van der Waals surface area contributed by atoms with Crippen LogP contribution in [0, 0.1) is 20.8 Å². The summed E-state index contributed by atoms with van der Waals surface area (Å²) in [5, 5.41) is 2.60. The van der Waals surface area contributed by atoms with Crippen LogP contribution in [0.25, 0.3) is 11.1 Å². The number of carbonyl (C=O) groups excluding carboxylic acids is 2. The topological polar surface area (TPSA) is 149 Å². The van der Waals surface area contributed by atoms with Gasteiger partial charge in [-0.15, -0.1) is 0 Å². The number of hydrogen-bond acceptors (Lipinski definition) is 7. The summed E-state index contributed by atoms with van der Waals surface area (Å²) in [5.74, 6) is 0.398. The van der Waals surface area contributed by atoms with Gasteiger partial charge in [0, 0.05) is 24.4 Å². The van der Waals surface area contributed by atoms with Gasteiger partial charge in [0.05, 0.1) is 10.9 Å². The predicted octanol–water partition coefficient (Wildman–Crippen LogP) is 4.80. The summed E-state index contributed by atoms with van der Waals surface area (Å²) >= 11 is 0. The minimum absolute atomic E-state index is 0.0904. The zero-order valence-electron chi connectivity index (χ0n) is 26.3. The first kappa shape index (κ1) is 32.0. The van der Waals surface area contributed by atoms with Crippen molar-refractivity contribution in [1.29, 1.82) is 0 Å². The molecule has 1 amide bonds. The van der Waals surface area contributed by atoms with Gasteiger partial charge in [-0.1, -0.05) is 48.5 Å². The van der Waals surface area contributed by atoms with Crippen LogP contribution in [0.4, 0.5) is 4.79 Å². The minimum Gasteiger partial charge on any atom is -0.487 e. The zero-order chi connectivity index (χ0) is 32.5. The number of nitrogens with zero attached hydrogens (tertiary/aromatic N) is 1. The molecule has 45 heavy (non-hydrogen) atoms. The van der Waals surface area contributed by atoms with Crippen LogP contribution in [0.2, 0.25) is 0 Å². The molecule has 0 bridgehead atoms. The molecule has 2 aliphatic rings. The quantitative estimate of drug-likeness (QED) is 0.126. The summed E-state index contributed by atoms with van der Waals surface area (Å²) < 4.78 is 40.8. The Morgan fingerprint density at radius 1 is 1.07 bits per heavy atom. The van der Waals surface area contributed by atoms with E-state index in [4.69, 9.17) is 15.2 Å². The first-order valence-electron chi connectivity index (χ1n) is 15.0. The summed E-state index contributed by atoms with van der Waals surface area (Å²) in [6.45, 7) is 9.62. The highest BCUT2D eigenvalue weighted by Crippen LogP contribution is 2.45. The Morgan fingerprint density at radius 3 is 2.31 bits per heavy atom. The first-order valence-corrected chi connectivity index (χ1v) is 16.5. The molecular weight excluding hydrogens is 592 g/mol. The fraction of sp³-hybridized carbons (Fsp3) is 0.382. The molecule has 238 valence electrons. The summed E-state index contributed by atoms with van der Waals surface area (Å²) in [6.07, 6.45) is 1.20. The van der Waals surface area contributed by atoms with Crippen molar-refractivity contribution in [3.8, 4) is 16.9 Å². The van der Waals surface area contributed by atoms with Gasteiger partial charge in [0.1, 0.15) is 24.2 Å². The zero-order valence-corrected chi connectivity index (χ0v) is 27.1. The van der Waals surface area contributed by atoms with Crippen LogP contribution in [0.15, 0.2) is 58.4 Å². The number of fused-ring (bicyclic) bond motifs is 4. The second-order valence-electron chi connectivity index (χ2n) is 12.3. The normalized spacial score (nSPS) is 15.8. The van der Waals surface area contributed by atoms with E-state index in [1.54, 1.807) is 13.8 Å². The van der Waals surface area contributed by atoms with E-state index in [9.17, 15) is 18.0 Å². The standard InChI is InChI=1S/C34H40N4O6S/c1-20-21(2)31(22(3)28-17-34(4,5)44-30(20)28)45(41,42)38-32(35)36-16-10-11-23(18-39)37-33(40)43-19-29-26-14-8-6-12-24(26)25-13-7-9-15-27(25)29/h6-9,12-15,18,23,29H,10-11,16-17,19H2,1-5H3,(H,37,40)(H3,35,36,38)/t23-/m1/s1. The third-order valence-electron chi connectivity index (χ3n) is 8.57. The molecule has 10 nitrogen and oxygen atoms in total. The molecule has 1 heterocycles. The van der Waals surface area contributed by atoms with Gasteiger partial charge in [0.2, 0.25) is 5.96 Å². The van der Waals surface area contributed by atoms with Gasteiger partial charge in [-0.25, -0.2) is 17.9 Å². The molecule has 5 rings (SSSR count). The number of nitrogens with two attached hydrogens (primary N) is 1. The molecule has 0 saturated heterocycles. The number of rotatable bonds is 10. The second-order valence-corrected chi connectivity index (χ2v) is 13.9. The smallest absolute Gasteiger partial charge is 0.407 e. The van der Waals surface area contributed by atoms with Gasteiger partial charge in [-0.2, -0.15) is 0 Å². The third kappa shape index (κ3) is 6.54. The number of nitrogens with one attached hydrogen (secondary N) is 2. The molecule has 0 spiro atoms. The van der Waals surface area contributed by atoms with Crippen molar-refractivity contribution in [1.82, 2.24) is 10.0 Å². The van der Waals surface area contributed by atoms with Crippen molar-refractivity contribution in [3.63, 3.8) is 0 Å². The van der Waals surface area contributed by atoms with Crippen LogP contribution in [0.1, 0.15) is 66.0 Å². The molecule has 0 aromatic heterocycles. The van der Waals surface area contributed by atoms with E-state index >= 15 is 0 Å². The van der Waals surface area contributed by atoms with E-state index in [2.05, 4.69) is 27.2 Å². The minimum atomic E-state index is -4.02. The molecule has 0 saturated carbocycles. The highest BCUT2D eigenvalue weighted by molar-refractivity contribution is 7.90. The number of alkyl carbamates (subject to hydrolysis) is 1. The number of carbonyl (C=O) groups is 2. The molecule has 1 atom stereocenters. The Morgan fingerprint density at radius 2 is 1.69 bits per heavy atom. The van der Waals surface area contributed by atoms with Crippen LogP contribution in [-0.4, -0.2) is 51.6 Å². The highest BCUT2D eigenvalue weighted by Gasteiger charge is 2.37. The Balaban J connectivity index is 1.13.